The summed E-state index contributed by atoms with van der Waals surface area (Å²) in [6, 6.07) is 4.68. The molecule has 2 rings (SSSR count). The number of anilines is 1. The van der Waals surface area contributed by atoms with E-state index in [4.69, 9.17) is 11.5 Å². The lowest BCUT2D eigenvalue weighted by atomic mass is 9.98. The van der Waals surface area contributed by atoms with Crippen LogP contribution < -0.4 is 11.5 Å². The van der Waals surface area contributed by atoms with Gasteiger partial charge in [-0.3, -0.25) is 4.79 Å². The SMILES string of the molecule is Cc1cc(S(=O)(=O)N2CCC(C(N)=O)CC2)ccc1N. The topological polar surface area (TPSA) is 106 Å². The first kappa shape index (κ1) is 14.8. The monoisotopic (exact) mass is 297 g/mol. The van der Waals surface area contributed by atoms with Crippen LogP contribution in [0.15, 0.2) is 23.1 Å². The Bertz CT molecular complexity index is 620. The fourth-order valence-corrected chi connectivity index (χ4v) is 3.89. The zero-order valence-corrected chi connectivity index (χ0v) is 12.2. The molecule has 1 aliphatic rings. The molecule has 110 valence electrons. The molecule has 0 radical (unpaired) electrons. The molecule has 1 heterocycles. The molecule has 0 bridgehead atoms. The smallest absolute Gasteiger partial charge is 0.243 e. The maximum atomic E-state index is 12.5. The van der Waals surface area contributed by atoms with E-state index in [1.54, 1.807) is 19.1 Å². The zero-order valence-electron chi connectivity index (χ0n) is 11.4. The van der Waals surface area contributed by atoms with Gasteiger partial charge < -0.3 is 11.5 Å². The Morgan fingerprint density at radius 1 is 1.30 bits per heavy atom. The first-order chi connectivity index (χ1) is 9.32. The Morgan fingerprint density at radius 2 is 1.90 bits per heavy atom. The normalized spacial score (nSPS) is 18.1. The van der Waals surface area contributed by atoms with Gasteiger partial charge in [0.1, 0.15) is 0 Å². The van der Waals surface area contributed by atoms with Crippen molar-refractivity contribution in [2.45, 2.75) is 24.7 Å². The van der Waals surface area contributed by atoms with Gasteiger partial charge in [0.2, 0.25) is 15.9 Å². The summed E-state index contributed by atoms with van der Waals surface area (Å²) in [6.45, 7) is 2.41. The molecule has 4 N–H and O–H groups in total. The molecule has 1 aromatic carbocycles. The number of amides is 1. The molecular formula is C13H19N3O3S. The van der Waals surface area contributed by atoms with Crippen molar-refractivity contribution in [2.75, 3.05) is 18.8 Å². The third kappa shape index (κ3) is 2.78. The number of hydrogen-bond acceptors (Lipinski definition) is 4. The van der Waals surface area contributed by atoms with Crippen LogP contribution in [0.4, 0.5) is 5.69 Å². The van der Waals surface area contributed by atoms with Crippen molar-refractivity contribution in [1.29, 1.82) is 0 Å². The van der Waals surface area contributed by atoms with Crippen LogP contribution in [0.2, 0.25) is 0 Å². The number of hydrogen-bond donors (Lipinski definition) is 2. The molecule has 1 saturated heterocycles. The van der Waals surface area contributed by atoms with E-state index >= 15 is 0 Å². The van der Waals surface area contributed by atoms with Crippen LogP contribution in [0.5, 0.6) is 0 Å². The number of carbonyl (C=O) groups is 1. The van der Waals surface area contributed by atoms with Crippen molar-refractivity contribution in [3.8, 4) is 0 Å². The molecular weight excluding hydrogens is 278 g/mol. The van der Waals surface area contributed by atoms with Crippen molar-refractivity contribution >= 4 is 21.6 Å². The summed E-state index contributed by atoms with van der Waals surface area (Å²) in [7, 11) is -3.52. The van der Waals surface area contributed by atoms with Crippen molar-refractivity contribution in [1.82, 2.24) is 4.31 Å². The first-order valence-corrected chi connectivity index (χ1v) is 7.92. The van der Waals surface area contributed by atoms with E-state index in [2.05, 4.69) is 0 Å². The Kier molecular flexibility index (Phi) is 4.01. The van der Waals surface area contributed by atoms with Crippen molar-refractivity contribution < 1.29 is 13.2 Å². The van der Waals surface area contributed by atoms with Crippen molar-refractivity contribution in [3.63, 3.8) is 0 Å². The summed E-state index contributed by atoms with van der Waals surface area (Å²) < 4.78 is 26.4. The second-order valence-corrected chi connectivity index (χ2v) is 7.04. The average Bonchev–Trinajstić information content (AvgIpc) is 2.41. The van der Waals surface area contributed by atoms with Gasteiger partial charge in [-0.2, -0.15) is 4.31 Å². The molecule has 1 amide bonds. The highest BCUT2D eigenvalue weighted by Gasteiger charge is 2.31. The Labute approximate surface area is 118 Å². The second-order valence-electron chi connectivity index (χ2n) is 5.10. The molecule has 0 atom stereocenters. The highest BCUT2D eigenvalue weighted by molar-refractivity contribution is 7.89. The number of nitrogens with zero attached hydrogens (tertiary/aromatic N) is 1. The minimum Gasteiger partial charge on any atom is -0.399 e. The number of aryl methyl sites for hydroxylation is 1. The molecule has 6 nitrogen and oxygen atoms in total. The third-order valence-electron chi connectivity index (χ3n) is 3.74. The van der Waals surface area contributed by atoms with Crippen LogP contribution in [-0.4, -0.2) is 31.7 Å². The Balaban J connectivity index is 2.19. The molecule has 7 heteroatoms. The molecule has 0 aliphatic carbocycles. The number of piperidine rings is 1. The van der Waals surface area contributed by atoms with Gasteiger partial charge in [0.05, 0.1) is 4.90 Å². The van der Waals surface area contributed by atoms with Crippen LogP contribution in [0.1, 0.15) is 18.4 Å². The van der Waals surface area contributed by atoms with E-state index < -0.39 is 10.0 Å². The summed E-state index contributed by atoms with van der Waals surface area (Å²) in [4.78, 5) is 11.3. The fourth-order valence-electron chi connectivity index (χ4n) is 2.34. The minimum atomic E-state index is -3.52. The third-order valence-corrected chi connectivity index (χ3v) is 5.63. The first-order valence-electron chi connectivity index (χ1n) is 6.48. The summed E-state index contributed by atoms with van der Waals surface area (Å²) in [5, 5.41) is 0. The number of nitrogen functional groups attached to an aromatic ring is 1. The van der Waals surface area contributed by atoms with Gasteiger partial charge in [-0.25, -0.2) is 8.42 Å². The number of carbonyl (C=O) groups excluding carboxylic acids is 1. The number of benzene rings is 1. The molecule has 0 spiro atoms. The van der Waals surface area contributed by atoms with Crippen LogP contribution in [0.3, 0.4) is 0 Å². The number of rotatable bonds is 3. The minimum absolute atomic E-state index is 0.227. The average molecular weight is 297 g/mol. The Morgan fingerprint density at radius 3 is 2.40 bits per heavy atom. The standard InChI is InChI=1S/C13H19N3O3S/c1-9-8-11(2-3-12(9)14)20(18,19)16-6-4-10(5-7-16)13(15)17/h2-3,8,10H,4-7,14H2,1H3,(H2,15,17). The lowest BCUT2D eigenvalue weighted by Gasteiger charge is -2.29. The maximum absolute atomic E-state index is 12.5. The van der Waals surface area contributed by atoms with E-state index in [9.17, 15) is 13.2 Å². The van der Waals surface area contributed by atoms with Gasteiger partial charge >= 0.3 is 0 Å². The van der Waals surface area contributed by atoms with Gasteiger partial charge in [-0.1, -0.05) is 0 Å². The lowest BCUT2D eigenvalue weighted by molar-refractivity contribution is -0.122. The number of sulfonamides is 1. The molecule has 0 saturated carbocycles. The zero-order chi connectivity index (χ0) is 14.9. The second kappa shape index (κ2) is 5.41. The van der Waals surface area contributed by atoms with Gasteiger partial charge in [0.15, 0.2) is 0 Å². The van der Waals surface area contributed by atoms with Crippen LogP contribution in [0.25, 0.3) is 0 Å². The number of primary amides is 1. The molecule has 1 aliphatic heterocycles. The molecule has 0 aromatic heterocycles. The van der Waals surface area contributed by atoms with Crippen molar-refractivity contribution in [3.05, 3.63) is 23.8 Å². The van der Waals surface area contributed by atoms with Crippen LogP contribution >= 0.6 is 0 Å². The van der Waals surface area contributed by atoms with E-state index in [0.717, 1.165) is 5.56 Å². The van der Waals surface area contributed by atoms with Gasteiger partial charge in [-0.15, -0.1) is 0 Å². The van der Waals surface area contributed by atoms with Crippen LogP contribution in [0, 0.1) is 12.8 Å². The highest BCUT2D eigenvalue weighted by Crippen LogP contribution is 2.25. The van der Waals surface area contributed by atoms with Gasteiger partial charge in [-0.05, 0) is 43.5 Å². The van der Waals surface area contributed by atoms with Gasteiger partial charge in [0.25, 0.3) is 0 Å². The lowest BCUT2D eigenvalue weighted by Crippen LogP contribution is -2.41. The molecule has 20 heavy (non-hydrogen) atoms. The summed E-state index contributed by atoms with van der Waals surface area (Å²) in [5.41, 5.74) is 12.3. The maximum Gasteiger partial charge on any atom is 0.243 e. The highest BCUT2D eigenvalue weighted by atomic mass is 32.2. The predicted octanol–water partition coefficient (Wildman–Crippen LogP) is 0.463. The largest absolute Gasteiger partial charge is 0.399 e. The summed E-state index contributed by atoms with van der Waals surface area (Å²) in [6.07, 6.45) is 0.949. The molecule has 1 fully saturated rings. The van der Waals surface area contributed by atoms with E-state index in [1.165, 1.54) is 10.4 Å². The van der Waals surface area contributed by atoms with E-state index in [1.807, 2.05) is 0 Å². The molecule has 0 unspecified atom stereocenters. The van der Waals surface area contributed by atoms with E-state index in [0.29, 0.717) is 31.6 Å². The van der Waals surface area contributed by atoms with Gasteiger partial charge in [0, 0.05) is 24.7 Å². The summed E-state index contributed by atoms with van der Waals surface area (Å²) >= 11 is 0. The van der Waals surface area contributed by atoms with Crippen molar-refractivity contribution in [2.24, 2.45) is 11.7 Å². The fraction of sp³-hybridized carbons (Fsp3) is 0.462. The quantitative estimate of drug-likeness (QED) is 0.790. The summed E-state index contributed by atoms with van der Waals surface area (Å²) in [5.74, 6) is -0.583. The number of nitrogens with two attached hydrogens (primary N) is 2. The van der Waals surface area contributed by atoms with Crippen LogP contribution in [-0.2, 0) is 14.8 Å². The molecule has 1 aromatic rings. The van der Waals surface area contributed by atoms with E-state index in [-0.39, 0.29) is 16.7 Å². The Hall–Kier alpha value is -1.60. The predicted molar refractivity (Wildman–Crippen MR) is 76.3 cm³/mol.